The average molecular weight is 374 g/mol. The second-order valence-electron chi connectivity index (χ2n) is 5.87. The van der Waals surface area contributed by atoms with E-state index in [4.69, 9.17) is 11.6 Å². The molecule has 1 heterocycles. The standard InChI is InChI=1S/C16H22BrClN2O/c1-11(2)20(10-12-5-7-19-8-6-12)16(21)14-9-13(18)3-4-15(14)17/h3-4,9,11-12,19H,5-8,10H2,1-2H3. The summed E-state index contributed by atoms with van der Waals surface area (Å²) in [4.78, 5) is 14.8. The molecule has 0 aromatic heterocycles. The van der Waals surface area contributed by atoms with Crippen LogP contribution in [0.1, 0.15) is 37.0 Å². The first-order valence-electron chi connectivity index (χ1n) is 7.45. The summed E-state index contributed by atoms with van der Waals surface area (Å²) in [7, 11) is 0. The fourth-order valence-electron chi connectivity index (χ4n) is 2.69. The van der Waals surface area contributed by atoms with Crippen LogP contribution in [-0.4, -0.2) is 36.5 Å². The Hall–Kier alpha value is -0.580. The summed E-state index contributed by atoms with van der Waals surface area (Å²) in [6.07, 6.45) is 2.26. The van der Waals surface area contributed by atoms with Gasteiger partial charge < -0.3 is 10.2 Å². The van der Waals surface area contributed by atoms with Gasteiger partial charge in [0.25, 0.3) is 5.91 Å². The van der Waals surface area contributed by atoms with E-state index in [-0.39, 0.29) is 11.9 Å². The summed E-state index contributed by atoms with van der Waals surface area (Å²) in [6.45, 7) is 7.04. The Morgan fingerprint density at radius 1 is 1.43 bits per heavy atom. The Kier molecular flexibility index (Phi) is 6.08. The maximum absolute atomic E-state index is 12.9. The molecule has 0 atom stereocenters. The Morgan fingerprint density at radius 2 is 2.10 bits per heavy atom. The lowest BCUT2D eigenvalue weighted by atomic mass is 9.96. The number of amides is 1. The maximum Gasteiger partial charge on any atom is 0.255 e. The van der Waals surface area contributed by atoms with Gasteiger partial charge in [-0.1, -0.05) is 11.6 Å². The van der Waals surface area contributed by atoms with Gasteiger partial charge >= 0.3 is 0 Å². The van der Waals surface area contributed by atoms with Gasteiger partial charge in [0.15, 0.2) is 0 Å². The van der Waals surface area contributed by atoms with Gasteiger partial charge in [-0.15, -0.1) is 0 Å². The molecule has 1 saturated heterocycles. The van der Waals surface area contributed by atoms with Gasteiger partial charge in [0.1, 0.15) is 0 Å². The summed E-state index contributed by atoms with van der Waals surface area (Å²) < 4.78 is 0.799. The summed E-state index contributed by atoms with van der Waals surface area (Å²) in [6, 6.07) is 5.54. The molecule has 1 aromatic carbocycles. The maximum atomic E-state index is 12.9. The predicted molar refractivity (Wildman–Crippen MR) is 90.9 cm³/mol. The second-order valence-corrected chi connectivity index (χ2v) is 7.16. The van der Waals surface area contributed by atoms with Crippen LogP contribution in [0.3, 0.4) is 0 Å². The van der Waals surface area contributed by atoms with Gasteiger partial charge in [0, 0.05) is 22.1 Å². The van der Waals surface area contributed by atoms with E-state index in [1.807, 2.05) is 11.0 Å². The van der Waals surface area contributed by atoms with Gasteiger partial charge in [-0.2, -0.15) is 0 Å². The monoisotopic (exact) mass is 372 g/mol. The molecule has 0 saturated carbocycles. The quantitative estimate of drug-likeness (QED) is 0.866. The molecule has 0 bridgehead atoms. The topological polar surface area (TPSA) is 32.3 Å². The van der Waals surface area contributed by atoms with Gasteiger partial charge in [0.05, 0.1) is 5.56 Å². The minimum Gasteiger partial charge on any atom is -0.336 e. The minimum absolute atomic E-state index is 0.0536. The molecule has 0 radical (unpaired) electrons. The fraction of sp³-hybridized carbons (Fsp3) is 0.562. The molecule has 1 fully saturated rings. The highest BCUT2D eigenvalue weighted by atomic mass is 79.9. The number of carbonyl (C=O) groups excluding carboxylic acids is 1. The normalized spacial score (nSPS) is 16.2. The lowest BCUT2D eigenvalue weighted by molar-refractivity contribution is 0.0657. The van der Waals surface area contributed by atoms with E-state index in [2.05, 4.69) is 35.1 Å². The molecule has 116 valence electrons. The highest BCUT2D eigenvalue weighted by molar-refractivity contribution is 9.10. The fourth-order valence-corrected chi connectivity index (χ4v) is 3.28. The highest BCUT2D eigenvalue weighted by Gasteiger charge is 2.25. The Labute approximate surface area is 140 Å². The number of nitrogens with one attached hydrogen (secondary N) is 1. The van der Waals surface area contributed by atoms with Crippen molar-refractivity contribution >= 4 is 33.4 Å². The van der Waals surface area contributed by atoms with Crippen LogP contribution in [0.5, 0.6) is 0 Å². The number of rotatable bonds is 4. The third-order valence-corrected chi connectivity index (χ3v) is 4.88. The van der Waals surface area contributed by atoms with Crippen LogP contribution < -0.4 is 5.32 Å². The third kappa shape index (κ3) is 4.44. The van der Waals surface area contributed by atoms with Crippen molar-refractivity contribution in [3.05, 3.63) is 33.3 Å². The zero-order valence-corrected chi connectivity index (χ0v) is 14.9. The molecule has 1 aromatic rings. The van der Waals surface area contributed by atoms with E-state index in [1.54, 1.807) is 12.1 Å². The molecule has 0 unspecified atom stereocenters. The summed E-state index contributed by atoms with van der Waals surface area (Å²) >= 11 is 9.49. The zero-order valence-electron chi connectivity index (χ0n) is 12.5. The highest BCUT2D eigenvalue weighted by Crippen LogP contribution is 2.24. The molecular weight excluding hydrogens is 352 g/mol. The van der Waals surface area contributed by atoms with Gasteiger partial charge in [-0.25, -0.2) is 0 Å². The Bertz CT molecular complexity index is 501. The molecule has 21 heavy (non-hydrogen) atoms. The third-order valence-electron chi connectivity index (χ3n) is 3.96. The number of carbonyl (C=O) groups is 1. The molecule has 5 heteroatoms. The number of nitrogens with zero attached hydrogens (tertiary/aromatic N) is 1. The summed E-state index contributed by atoms with van der Waals surface area (Å²) in [5.74, 6) is 0.633. The number of piperidine rings is 1. The molecule has 3 nitrogen and oxygen atoms in total. The number of hydrogen-bond donors (Lipinski definition) is 1. The Balaban J connectivity index is 2.16. The zero-order chi connectivity index (χ0) is 15.4. The second kappa shape index (κ2) is 7.61. The van der Waals surface area contributed by atoms with E-state index in [1.165, 1.54) is 0 Å². The van der Waals surface area contributed by atoms with E-state index < -0.39 is 0 Å². The summed E-state index contributed by atoms with van der Waals surface area (Å²) in [5.41, 5.74) is 0.644. The first-order valence-corrected chi connectivity index (χ1v) is 8.63. The molecule has 1 N–H and O–H groups in total. The number of benzene rings is 1. The van der Waals surface area contributed by atoms with E-state index in [0.29, 0.717) is 16.5 Å². The molecule has 1 aliphatic rings. The van der Waals surface area contributed by atoms with Crippen molar-refractivity contribution in [3.63, 3.8) is 0 Å². The van der Waals surface area contributed by atoms with Crippen LogP contribution in [0, 0.1) is 5.92 Å². The SMILES string of the molecule is CC(C)N(CC1CCNCC1)C(=O)c1cc(Cl)ccc1Br. The van der Waals surface area contributed by atoms with Crippen molar-refractivity contribution in [2.24, 2.45) is 5.92 Å². The van der Waals surface area contributed by atoms with Crippen molar-refractivity contribution < 1.29 is 4.79 Å². The Morgan fingerprint density at radius 3 is 2.71 bits per heavy atom. The van der Waals surface area contributed by atoms with Crippen molar-refractivity contribution in [1.82, 2.24) is 10.2 Å². The van der Waals surface area contributed by atoms with E-state index in [0.717, 1.165) is 36.9 Å². The molecule has 2 rings (SSSR count). The van der Waals surface area contributed by atoms with Crippen LogP contribution in [0.2, 0.25) is 5.02 Å². The minimum atomic E-state index is 0.0536. The van der Waals surface area contributed by atoms with E-state index in [9.17, 15) is 4.79 Å². The summed E-state index contributed by atoms with van der Waals surface area (Å²) in [5, 5.41) is 3.96. The predicted octanol–water partition coefficient (Wildman–Crippen LogP) is 3.95. The van der Waals surface area contributed by atoms with Gasteiger partial charge in [-0.05, 0) is 79.8 Å². The molecule has 0 spiro atoms. The number of hydrogen-bond acceptors (Lipinski definition) is 2. The molecule has 1 aliphatic heterocycles. The first kappa shape index (κ1) is 16.8. The molecule has 0 aliphatic carbocycles. The largest absolute Gasteiger partial charge is 0.336 e. The van der Waals surface area contributed by atoms with Gasteiger partial charge in [-0.3, -0.25) is 4.79 Å². The van der Waals surface area contributed by atoms with Crippen LogP contribution in [0.15, 0.2) is 22.7 Å². The van der Waals surface area contributed by atoms with Crippen LogP contribution in [0.4, 0.5) is 0 Å². The average Bonchev–Trinajstić information content (AvgIpc) is 2.47. The van der Waals surface area contributed by atoms with Gasteiger partial charge in [0.2, 0.25) is 0 Å². The van der Waals surface area contributed by atoms with Crippen molar-refractivity contribution in [3.8, 4) is 0 Å². The van der Waals surface area contributed by atoms with Crippen molar-refractivity contribution in [2.45, 2.75) is 32.7 Å². The van der Waals surface area contributed by atoms with Crippen LogP contribution in [0.25, 0.3) is 0 Å². The van der Waals surface area contributed by atoms with Crippen LogP contribution in [-0.2, 0) is 0 Å². The number of halogens is 2. The first-order chi connectivity index (χ1) is 9.99. The van der Waals surface area contributed by atoms with Crippen LogP contribution >= 0.6 is 27.5 Å². The molecule has 1 amide bonds. The van der Waals surface area contributed by atoms with E-state index >= 15 is 0 Å². The van der Waals surface area contributed by atoms with Crippen molar-refractivity contribution in [2.75, 3.05) is 19.6 Å². The lowest BCUT2D eigenvalue weighted by Gasteiger charge is -2.33. The smallest absolute Gasteiger partial charge is 0.255 e. The lowest BCUT2D eigenvalue weighted by Crippen LogP contribution is -2.43. The van der Waals surface area contributed by atoms with Crippen molar-refractivity contribution in [1.29, 1.82) is 0 Å². The molecular formula is C16H22BrClN2O.